The second kappa shape index (κ2) is 5.79. The van der Waals surface area contributed by atoms with Crippen molar-refractivity contribution in [2.24, 2.45) is 0 Å². The summed E-state index contributed by atoms with van der Waals surface area (Å²) in [7, 11) is -3.89. The van der Waals surface area contributed by atoms with Gasteiger partial charge in [-0.2, -0.15) is 0 Å². The highest BCUT2D eigenvalue weighted by Crippen LogP contribution is 2.39. The highest BCUT2D eigenvalue weighted by Gasteiger charge is 2.51. The summed E-state index contributed by atoms with van der Waals surface area (Å²) in [4.78, 5) is 12.0. The van der Waals surface area contributed by atoms with E-state index >= 15 is 0 Å². The first-order chi connectivity index (χ1) is 9.81. The molecule has 1 aliphatic rings. The van der Waals surface area contributed by atoms with Crippen LogP contribution in [0.5, 0.6) is 0 Å². The lowest BCUT2D eigenvalue weighted by Crippen LogP contribution is -2.46. The molecule has 0 aliphatic heterocycles. The standard InChI is InChI=1S/C16H22O4S/c1-12-7-8-14(13(2)11-12)21(19,20)16(15(17)18)9-5-3-4-6-10-16/h7-8,11H,3-6,9-10H2,1-2H3,(H,17,18). The summed E-state index contributed by atoms with van der Waals surface area (Å²) in [6.07, 6.45) is 3.51. The molecule has 1 aromatic carbocycles. The van der Waals surface area contributed by atoms with Crippen LogP contribution in [0.1, 0.15) is 49.7 Å². The van der Waals surface area contributed by atoms with E-state index in [-0.39, 0.29) is 17.7 Å². The van der Waals surface area contributed by atoms with Gasteiger partial charge in [-0.25, -0.2) is 8.42 Å². The molecular formula is C16H22O4S. The third-order valence-corrected chi connectivity index (χ3v) is 7.08. The summed E-state index contributed by atoms with van der Waals surface area (Å²) >= 11 is 0. The van der Waals surface area contributed by atoms with Gasteiger partial charge in [0.15, 0.2) is 14.6 Å². The minimum atomic E-state index is -3.89. The zero-order valence-corrected chi connectivity index (χ0v) is 13.4. The van der Waals surface area contributed by atoms with E-state index in [1.807, 2.05) is 6.92 Å². The fraction of sp³-hybridized carbons (Fsp3) is 0.562. The van der Waals surface area contributed by atoms with Crippen molar-refractivity contribution in [2.45, 2.75) is 62.0 Å². The number of aliphatic carboxylic acids is 1. The third kappa shape index (κ3) is 2.71. The monoisotopic (exact) mass is 310 g/mol. The van der Waals surface area contributed by atoms with Gasteiger partial charge in [0.1, 0.15) is 0 Å². The van der Waals surface area contributed by atoms with Crippen LogP contribution in [0.4, 0.5) is 0 Å². The second-order valence-corrected chi connectivity index (χ2v) is 8.21. The summed E-state index contributed by atoms with van der Waals surface area (Å²) in [6.45, 7) is 3.62. The van der Waals surface area contributed by atoms with Gasteiger partial charge in [0.2, 0.25) is 0 Å². The number of aryl methyl sites for hydroxylation is 2. The summed E-state index contributed by atoms with van der Waals surface area (Å²) in [6, 6.07) is 5.07. The Bertz CT molecular complexity index is 638. The van der Waals surface area contributed by atoms with E-state index in [1.165, 1.54) is 0 Å². The topological polar surface area (TPSA) is 71.4 Å². The van der Waals surface area contributed by atoms with Crippen molar-refractivity contribution in [3.05, 3.63) is 29.3 Å². The summed E-state index contributed by atoms with van der Waals surface area (Å²) in [5, 5.41) is 9.68. The molecular weight excluding hydrogens is 288 g/mol. The Morgan fingerprint density at radius 1 is 1.10 bits per heavy atom. The maximum absolute atomic E-state index is 13.1. The number of carbonyl (C=O) groups is 1. The Hall–Kier alpha value is -1.36. The molecule has 0 amide bonds. The fourth-order valence-electron chi connectivity index (χ4n) is 3.21. The Kier molecular flexibility index (Phi) is 4.42. The van der Waals surface area contributed by atoms with Crippen LogP contribution >= 0.6 is 0 Å². The molecule has 21 heavy (non-hydrogen) atoms. The van der Waals surface area contributed by atoms with Crippen molar-refractivity contribution in [3.63, 3.8) is 0 Å². The van der Waals surface area contributed by atoms with Crippen LogP contribution in [-0.2, 0) is 14.6 Å². The first-order valence-electron chi connectivity index (χ1n) is 7.36. The Morgan fingerprint density at radius 2 is 1.67 bits per heavy atom. The molecule has 0 heterocycles. The summed E-state index contributed by atoms with van der Waals surface area (Å²) < 4.78 is 24.4. The van der Waals surface area contributed by atoms with E-state index in [0.717, 1.165) is 18.4 Å². The van der Waals surface area contributed by atoms with Gasteiger partial charge >= 0.3 is 5.97 Å². The largest absolute Gasteiger partial charge is 0.480 e. The number of benzene rings is 1. The van der Waals surface area contributed by atoms with Gasteiger partial charge in [-0.3, -0.25) is 4.79 Å². The molecule has 0 bridgehead atoms. The van der Waals surface area contributed by atoms with Crippen molar-refractivity contribution >= 4 is 15.8 Å². The SMILES string of the molecule is Cc1ccc(S(=O)(=O)C2(C(=O)O)CCCCCC2)c(C)c1. The normalized spacial score (nSPS) is 19.0. The average Bonchev–Trinajstić information content (AvgIpc) is 2.64. The van der Waals surface area contributed by atoms with Crippen molar-refractivity contribution < 1.29 is 18.3 Å². The van der Waals surface area contributed by atoms with Crippen molar-refractivity contribution in [1.82, 2.24) is 0 Å². The van der Waals surface area contributed by atoms with Gasteiger partial charge < -0.3 is 5.11 Å². The quantitative estimate of drug-likeness (QED) is 0.870. The summed E-state index contributed by atoms with van der Waals surface area (Å²) in [5.74, 6) is -1.20. The summed E-state index contributed by atoms with van der Waals surface area (Å²) in [5.41, 5.74) is 1.59. The number of hydrogen-bond donors (Lipinski definition) is 1. The highest BCUT2D eigenvalue weighted by atomic mass is 32.2. The number of sulfone groups is 1. The molecule has 1 saturated carbocycles. The van der Waals surface area contributed by atoms with Gasteiger partial charge in [0.05, 0.1) is 4.90 Å². The maximum atomic E-state index is 13.1. The van der Waals surface area contributed by atoms with E-state index in [4.69, 9.17) is 0 Å². The molecule has 4 nitrogen and oxygen atoms in total. The Labute approximate surface area is 126 Å². The lowest BCUT2D eigenvalue weighted by Gasteiger charge is -2.28. The first kappa shape index (κ1) is 16.0. The third-order valence-electron chi connectivity index (χ3n) is 4.44. The molecule has 0 radical (unpaired) electrons. The fourth-order valence-corrected chi connectivity index (χ4v) is 5.42. The van der Waals surface area contributed by atoms with Gasteiger partial charge in [-0.15, -0.1) is 0 Å². The van der Waals surface area contributed by atoms with E-state index < -0.39 is 20.6 Å². The van der Waals surface area contributed by atoms with E-state index in [9.17, 15) is 18.3 Å². The van der Waals surface area contributed by atoms with Crippen molar-refractivity contribution in [3.8, 4) is 0 Å². The molecule has 0 unspecified atom stereocenters. The minimum absolute atomic E-state index is 0.164. The highest BCUT2D eigenvalue weighted by molar-refractivity contribution is 7.93. The molecule has 1 aliphatic carbocycles. The molecule has 1 aromatic rings. The predicted molar refractivity (Wildman–Crippen MR) is 81.2 cm³/mol. The molecule has 0 saturated heterocycles. The lowest BCUT2D eigenvalue weighted by molar-refractivity contribution is -0.140. The number of rotatable bonds is 3. The zero-order chi connectivity index (χ0) is 15.7. The van der Waals surface area contributed by atoms with Crippen molar-refractivity contribution in [2.75, 3.05) is 0 Å². The molecule has 0 aromatic heterocycles. The molecule has 0 atom stereocenters. The maximum Gasteiger partial charge on any atom is 0.325 e. The molecule has 1 N–H and O–H groups in total. The average molecular weight is 310 g/mol. The van der Waals surface area contributed by atoms with Crippen LogP contribution in [0, 0.1) is 13.8 Å². The second-order valence-electron chi connectivity index (χ2n) is 5.99. The lowest BCUT2D eigenvalue weighted by atomic mass is 9.99. The van der Waals surface area contributed by atoms with Crippen LogP contribution in [0.15, 0.2) is 23.1 Å². The van der Waals surface area contributed by atoms with Crippen LogP contribution in [-0.4, -0.2) is 24.2 Å². The number of hydrogen-bond acceptors (Lipinski definition) is 3. The first-order valence-corrected chi connectivity index (χ1v) is 8.85. The van der Waals surface area contributed by atoms with E-state index in [2.05, 4.69) is 0 Å². The van der Waals surface area contributed by atoms with Gasteiger partial charge in [-0.1, -0.05) is 43.4 Å². The molecule has 0 spiro atoms. The molecule has 2 rings (SSSR count). The zero-order valence-electron chi connectivity index (χ0n) is 12.6. The minimum Gasteiger partial charge on any atom is -0.480 e. The molecule has 5 heteroatoms. The van der Waals surface area contributed by atoms with Gasteiger partial charge in [-0.05, 0) is 38.3 Å². The van der Waals surface area contributed by atoms with Crippen LogP contribution in [0.25, 0.3) is 0 Å². The number of carboxylic acid groups (broad SMARTS) is 1. The van der Waals surface area contributed by atoms with Crippen LogP contribution in [0.2, 0.25) is 0 Å². The van der Waals surface area contributed by atoms with Gasteiger partial charge in [0.25, 0.3) is 0 Å². The van der Waals surface area contributed by atoms with Gasteiger partial charge in [0, 0.05) is 0 Å². The Morgan fingerprint density at radius 3 is 2.14 bits per heavy atom. The van der Waals surface area contributed by atoms with Crippen LogP contribution in [0.3, 0.4) is 0 Å². The molecule has 1 fully saturated rings. The van der Waals surface area contributed by atoms with E-state index in [1.54, 1.807) is 25.1 Å². The predicted octanol–water partition coefficient (Wildman–Crippen LogP) is 3.25. The Balaban J connectivity index is 2.59. The van der Waals surface area contributed by atoms with Crippen molar-refractivity contribution in [1.29, 1.82) is 0 Å². The number of carboxylic acids is 1. The molecule has 116 valence electrons. The van der Waals surface area contributed by atoms with Crippen LogP contribution < -0.4 is 0 Å². The smallest absolute Gasteiger partial charge is 0.325 e. The van der Waals surface area contributed by atoms with E-state index in [0.29, 0.717) is 18.4 Å².